The molecule has 4 aromatic rings. The summed E-state index contributed by atoms with van der Waals surface area (Å²) in [6.45, 7) is 4.34. The number of rotatable bonds is 8. The fourth-order valence-corrected chi connectivity index (χ4v) is 3.55. The van der Waals surface area contributed by atoms with Gasteiger partial charge in [-0.15, -0.1) is 0 Å². The summed E-state index contributed by atoms with van der Waals surface area (Å²) >= 11 is 0. The standard InChI is InChI=1S/C25H26N4O4/c1-16(2)11-21(28-25(30)32-14-17-7-5-4-6-8-17)23-27-20-10-9-18(22-13-26-15-33-22)12-19(20)24(29-23)31-3/h4-10,12-13,15-16,21H,11,14H2,1-3H3,(H,28,30). The number of carbonyl (C=O) groups excluding carboxylic acids is 1. The van der Waals surface area contributed by atoms with Crippen LogP contribution in [0.5, 0.6) is 5.88 Å². The van der Waals surface area contributed by atoms with Gasteiger partial charge < -0.3 is 19.2 Å². The number of oxazole rings is 1. The molecule has 0 radical (unpaired) electrons. The van der Waals surface area contributed by atoms with Gasteiger partial charge in [-0.05, 0) is 36.1 Å². The smallest absolute Gasteiger partial charge is 0.408 e. The zero-order valence-electron chi connectivity index (χ0n) is 18.8. The van der Waals surface area contributed by atoms with Crippen molar-refractivity contribution in [2.24, 2.45) is 5.92 Å². The predicted octanol–water partition coefficient (Wildman–Crippen LogP) is 5.31. The Labute approximate surface area is 192 Å². The first kappa shape index (κ1) is 22.3. The normalized spacial score (nSPS) is 12.0. The third-order valence-corrected chi connectivity index (χ3v) is 5.11. The number of nitrogens with one attached hydrogen (secondary N) is 1. The van der Waals surface area contributed by atoms with Crippen LogP contribution in [0.25, 0.3) is 22.2 Å². The second-order valence-corrected chi connectivity index (χ2v) is 8.08. The SMILES string of the molecule is COc1nc(C(CC(C)C)NC(=O)OCc2ccccc2)nc2ccc(-c3cnco3)cc12. The lowest BCUT2D eigenvalue weighted by Crippen LogP contribution is -2.31. The van der Waals surface area contributed by atoms with Crippen molar-refractivity contribution < 1.29 is 18.7 Å². The average molecular weight is 447 g/mol. The predicted molar refractivity (Wildman–Crippen MR) is 124 cm³/mol. The number of alkyl carbamates (subject to hydrolysis) is 1. The van der Waals surface area contributed by atoms with Crippen LogP contribution < -0.4 is 10.1 Å². The lowest BCUT2D eigenvalue weighted by molar-refractivity contribution is 0.133. The maximum Gasteiger partial charge on any atom is 0.408 e. The Morgan fingerprint density at radius 3 is 2.64 bits per heavy atom. The van der Waals surface area contributed by atoms with E-state index in [1.807, 2.05) is 48.5 Å². The van der Waals surface area contributed by atoms with Crippen molar-refractivity contribution >= 4 is 17.0 Å². The van der Waals surface area contributed by atoms with Crippen LogP contribution in [0.4, 0.5) is 4.79 Å². The molecule has 0 spiro atoms. The van der Waals surface area contributed by atoms with Gasteiger partial charge in [0.05, 0.1) is 30.3 Å². The topological polar surface area (TPSA) is 99.4 Å². The van der Waals surface area contributed by atoms with Gasteiger partial charge in [0, 0.05) is 5.56 Å². The lowest BCUT2D eigenvalue weighted by atomic mass is 10.0. The second-order valence-electron chi connectivity index (χ2n) is 8.08. The second kappa shape index (κ2) is 10.1. The van der Waals surface area contributed by atoms with Crippen molar-refractivity contribution in [2.45, 2.75) is 32.9 Å². The van der Waals surface area contributed by atoms with E-state index in [4.69, 9.17) is 18.9 Å². The number of aromatic nitrogens is 3. The van der Waals surface area contributed by atoms with Crippen molar-refractivity contribution in [3.05, 3.63) is 72.5 Å². The number of benzene rings is 2. The molecule has 1 N–H and O–H groups in total. The molecule has 0 aliphatic carbocycles. The van der Waals surface area contributed by atoms with E-state index in [-0.39, 0.29) is 6.61 Å². The van der Waals surface area contributed by atoms with Crippen LogP contribution in [0.2, 0.25) is 0 Å². The quantitative estimate of drug-likeness (QED) is 0.392. The number of carbonyl (C=O) groups is 1. The highest BCUT2D eigenvalue weighted by Gasteiger charge is 2.22. The molecule has 2 aromatic carbocycles. The van der Waals surface area contributed by atoms with E-state index in [1.54, 1.807) is 13.3 Å². The molecule has 0 aliphatic rings. The molecule has 8 nitrogen and oxygen atoms in total. The van der Waals surface area contributed by atoms with E-state index in [1.165, 1.54) is 6.39 Å². The number of fused-ring (bicyclic) bond motifs is 1. The molecule has 0 aliphatic heterocycles. The van der Waals surface area contributed by atoms with Crippen molar-refractivity contribution in [3.8, 4) is 17.2 Å². The van der Waals surface area contributed by atoms with Crippen molar-refractivity contribution in [1.29, 1.82) is 0 Å². The number of ether oxygens (including phenoxy) is 2. The molecule has 0 saturated heterocycles. The Hall–Kier alpha value is -3.94. The zero-order chi connectivity index (χ0) is 23.2. The first-order chi connectivity index (χ1) is 16.0. The highest BCUT2D eigenvalue weighted by Crippen LogP contribution is 2.30. The molecule has 1 unspecified atom stereocenters. The fraction of sp³-hybridized carbons (Fsp3) is 0.280. The van der Waals surface area contributed by atoms with E-state index in [0.717, 1.165) is 16.5 Å². The first-order valence-electron chi connectivity index (χ1n) is 10.7. The minimum Gasteiger partial charge on any atom is -0.480 e. The number of hydrogen-bond acceptors (Lipinski definition) is 7. The molecule has 0 bridgehead atoms. The van der Waals surface area contributed by atoms with Gasteiger partial charge in [0.15, 0.2) is 18.0 Å². The molecule has 2 heterocycles. The molecule has 8 heteroatoms. The minimum atomic E-state index is -0.521. The molecule has 170 valence electrons. The van der Waals surface area contributed by atoms with Crippen LogP contribution in [0, 0.1) is 5.92 Å². The van der Waals surface area contributed by atoms with Crippen molar-refractivity contribution in [3.63, 3.8) is 0 Å². The van der Waals surface area contributed by atoms with Gasteiger partial charge in [-0.2, -0.15) is 4.98 Å². The summed E-state index contributed by atoms with van der Waals surface area (Å²) in [6.07, 6.45) is 3.15. The van der Waals surface area contributed by atoms with Gasteiger partial charge >= 0.3 is 6.09 Å². The molecule has 33 heavy (non-hydrogen) atoms. The molecular formula is C25H26N4O4. The maximum atomic E-state index is 12.5. The highest BCUT2D eigenvalue weighted by atomic mass is 16.5. The van der Waals surface area contributed by atoms with Gasteiger partial charge in [0.1, 0.15) is 6.61 Å². The summed E-state index contributed by atoms with van der Waals surface area (Å²) in [5.74, 6) is 1.83. The van der Waals surface area contributed by atoms with Gasteiger partial charge in [-0.1, -0.05) is 44.2 Å². The fourth-order valence-electron chi connectivity index (χ4n) is 3.55. The average Bonchev–Trinajstić information content (AvgIpc) is 3.37. The van der Waals surface area contributed by atoms with E-state index in [9.17, 15) is 4.79 Å². The van der Waals surface area contributed by atoms with Gasteiger partial charge in [-0.3, -0.25) is 0 Å². The number of methoxy groups -OCH3 is 1. The molecule has 2 aromatic heterocycles. The molecule has 0 fully saturated rings. The molecule has 1 atom stereocenters. The minimum absolute atomic E-state index is 0.188. The van der Waals surface area contributed by atoms with E-state index in [0.29, 0.717) is 35.3 Å². The molecule has 0 saturated carbocycles. The van der Waals surface area contributed by atoms with Crippen LogP contribution in [0.3, 0.4) is 0 Å². The number of amides is 1. The van der Waals surface area contributed by atoms with E-state index < -0.39 is 12.1 Å². The van der Waals surface area contributed by atoms with Crippen LogP contribution in [0.15, 0.2) is 65.5 Å². The van der Waals surface area contributed by atoms with Crippen LogP contribution >= 0.6 is 0 Å². The number of nitrogens with zero attached hydrogens (tertiary/aromatic N) is 3. The van der Waals surface area contributed by atoms with E-state index >= 15 is 0 Å². The summed E-state index contributed by atoms with van der Waals surface area (Å²) in [6, 6.07) is 14.8. The van der Waals surface area contributed by atoms with Gasteiger partial charge in [0.2, 0.25) is 5.88 Å². The Kier molecular flexibility index (Phi) is 6.83. The van der Waals surface area contributed by atoms with Crippen LogP contribution in [0.1, 0.15) is 37.7 Å². The van der Waals surface area contributed by atoms with Gasteiger partial charge in [-0.25, -0.2) is 14.8 Å². The summed E-state index contributed by atoms with van der Waals surface area (Å²) < 4.78 is 16.4. The Morgan fingerprint density at radius 2 is 1.94 bits per heavy atom. The van der Waals surface area contributed by atoms with E-state index in [2.05, 4.69) is 29.1 Å². The van der Waals surface area contributed by atoms with Crippen molar-refractivity contribution in [1.82, 2.24) is 20.3 Å². The summed E-state index contributed by atoms with van der Waals surface area (Å²) in [5, 5.41) is 3.66. The largest absolute Gasteiger partial charge is 0.480 e. The maximum absolute atomic E-state index is 12.5. The first-order valence-corrected chi connectivity index (χ1v) is 10.7. The summed E-state index contributed by atoms with van der Waals surface area (Å²) in [4.78, 5) is 25.8. The lowest BCUT2D eigenvalue weighted by Gasteiger charge is -2.20. The molecule has 1 amide bonds. The number of hydrogen-bond donors (Lipinski definition) is 1. The monoisotopic (exact) mass is 446 g/mol. The Bertz CT molecular complexity index is 1210. The van der Waals surface area contributed by atoms with Crippen LogP contribution in [-0.4, -0.2) is 28.2 Å². The van der Waals surface area contributed by atoms with Crippen LogP contribution in [-0.2, 0) is 11.3 Å². The third kappa shape index (κ3) is 5.46. The van der Waals surface area contributed by atoms with Crippen molar-refractivity contribution in [2.75, 3.05) is 7.11 Å². The summed E-state index contributed by atoms with van der Waals surface area (Å²) in [7, 11) is 1.56. The van der Waals surface area contributed by atoms with Gasteiger partial charge in [0.25, 0.3) is 0 Å². The Balaban J connectivity index is 1.59. The third-order valence-electron chi connectivity index (χ3n) is 5.11. The highest BCUT2D eigenvalue weighted by molar-refractivity contribution is 5.87. The summed E-state index contributed by atoms with van der Waals surface area (Å²) in [5.41, 5.74) is 2.46. The Morgan fingerprint density at radius 1 is 1.12 bits per heavy atom. The zero-order valence-corrected chi connectivity index (χ0v) is 18.8. The molecular weight excluding hydrogens is 420 g/mol. The molecule has 4 rings (SSSR count).